The summed E-state index contributed by atoms with van der Waals surface area (Å²) in [5, 5.41) is 5.68. The Bertz CT molecular complexity index is 532. The van der Waals surface area contributed by atoms with E-state index in [9.17, 15) is 4.79 Å². The molecule has 5 heteroatoms. The second-order valence-electron chi connectivity index (χ2n) is 4.66. The van der Waals surface area contributed by atoms with Crippen molar-refractivity contribution in [2.24, 2.45) is 0 Å². The van der Waals surface area contributed by atoms with Crippen molar-refractivity contribution in [2.75, 3.05) is 17.2 Å². The zero-order valence-corrected chi connectivity index (χ0v) is 17.5. The van der Waals surface area contributed by atoms with Crippen LogP contribution in [0.25, 0.3) is 0 Å². The highest BCUT2D eigenvalue weighted by atomic mass is 16.2. The fraction of sp³-hybridized carbons (Fsp3) is 0.476. The van der Waals surface area contributed by atoms with E-state index in [4.69, 9.17) is 0 Å². The molecule has 1 aromatic carbocycles. The molecule has 1 aliphatic rings. The highest BCUT2D eigenvalue weighted by Crippen LogP contribution is 2.24. The van der Waals surface area contributed by atoms with Crippen LogP contribution in [0, 0.1) is 0 Å². The number of aromatic nitrogens is 2. The van der Waals surface area contributed by atoms with E-state index in [1.165, 1.54) is 12.7 Å². The molecule has 1 amide bonds. The van der Waals surface area contributed by atoms with E-state index in [0.29, 0.717) is 12.4 Å². The third kappa shape index (κ3) is 11.2. The van der Waals surface area contributed by atoms with Gasteiger partial charge in [0.25, 0.3) is 0 Å². The number of rotatable bonds is 1. The molecule has 2 aromatic rings. The third-order valence-electron chi connectivity index (χ3n) is 2.61. The lowest BCUT2D eigenvalue weighted by atomic mass is 10.2. The lowest BCUT2D eigenvalue weighted by Crippen LogP contribution is -2.29. The smallest absolute Gasteiger partial charge is 0.244 e. The van der Waals surface area contributed by atoms with Gasteiger partial charge in [-0.3, -0.25) is 4.79 Å². The summed E-state index contributed by atoms with van der Waals surface area (Å²) in [7, 11) is 0. The van der Waals surface area contributed by atoms with E-state index < -0.39 is 0 Å². The van der Waals surface area contributed by atoms with E-state index in [1.807, 2.05) is 71.0 Å². The molecule has 0 unspecified atom stereocenters. The van der Waals surface area contributed by atoms with Gasteiger partial charge in [0, 0.05) is 0 Å². The maximum atomic E-state index is 11.0. The number of fused-ring (bicyclic) bond motifs is 1. The maximum Gasteiger partial charge on any atom is 0.244 e. The Hall–Kier alpha value is -2.43. The first-order valence-corrected chi connectivity index (χ1v) is 9.60. The molecule has 0 saturated carbocycles. The SMILES string of the molecule is CC.CC.CCC.CCc1ncnc2c1NCC(=O)N2.c1ccccc1. The molecule has 146 valence electrons. The van der Waals surface area contributed by atoms with E-state index in [-0.39, 0.29) is 5.91 Å². The first kappa shape index (κ1) is 25.8. The topological polar surface area (TPSA) is 66.9 Å². The Balaban J connectivity index is 0. The summed E-state index contributed by atoms with van der Waals surface area (Å²) in [6.07, 6.45) is 3.54. The van der Waals surface area contributed by atoms with E-state index in [0.717, 1.165) is 17.8 Å². The van der Waals surface area contributed by atoms with Crippen molar-refractivity contribution in [1.82, 2.24) is 9.97 Å². The first-order chi connectivity index (χ1) is 12.7. The van der Waals surface area contributed by atoms with Crippen LogP contribution >= 0.6 is 0 Å². The molecule has 0 saturated heterocycles. The van der Waals surface area contributed by atoms with Gasteiger partial charge in [-0.05, 0) is 6.42 Å². The average Bonchev–Trinajstić information content (AvgIpc) is 2.72. The molecule has 1 aliphatic heterocycles. The lowest BCUT2D eigenvalue weighted by molar-refractivity contribution is -0.114. The quantitative estimate of drug-likeness (QED) is 0.699. The van der Waals surface area contributed by atoms with Crippen LogP contribution in [0.2, 0.25) is 0 Å². The number of hydrogen-bond donors (Lipinski definition) is 2. The van der Waals surface area contributed by atoms with Crippen LogP contribution in [0.5, 0.6) is 0 Å². The summed E-state index contributed by atoms with van der Waals surface area (Å²) in [5.74, 6) is 0.524. The number of benzene rings is 1. The number of hydrogen-bond acceptors (Lipinski definition) is 4. The van der Waals surface area contributed by atoms with Gasteiger partial charge in [-0.15, -0.1) is 0 Å². The Morgan fingerprint density at radius 3 is 1.77 bits per heavy atom. The number of anilines is 2. The zero-order chi connectivity index (χ0) is 20.2. The van der Waals surface area contributed by atoms with E-state index in [1.54, 1.807) is 0 Å². The molecule has 0 fully saturated rings. The Morgan fingerprint density at radius 2 is 1.35 bits per heavy atom. The van der Waals surface area contributed by atoms with E-state index in [2.05, 4.69) is 34.4 Å². The summed E-state index contributed by atoms with van der Waals surface area (Å²) in [5.41, 5.74) is 1.79. The van der Waals surface area contributed by atoms with Gasteiger partial charge in [-0.1, -0.05) is 91.3 Å². The number of nitrogens with zero attached hydrogens (tertiary/aromatic N) is 2. The largest absolute Gasteiger partial charge is 0.372 e. The monoisotopic (exact) mass is 360 g/mol. The molecule has 0 radical (unpaired) electrons. The molecule has 1 aromatic heterocycles. The molecular formula is C21H36N4O. The van der Waals surface area contributed by atoms with Gasteiger partial charge in [0.1, 0.15) is 6.33 Å². The summed E-state index contributed by atoms with van der Waals surface area (Å²) in [6, 6.07) is 12.0. The number of amides is 1. The second kappa shape index (κ2) is 18.9. The van der Waals surface area contributed by atoms with Gasteiger partial charge in [-0.25, -0.2) is 9.97 Å². The molecule has 3 rings (SSSR count). The molecule has 0 bridgehead atoms. The molecule has 0 aliphatic carbocycles. The molecule has 26 heavy (non-hydrogen) atoms. The van der Waals surface area contributed by atoms with Gasteiger partial charge < -0.3 is 10.6 Å². The molecule has 2 N–H and O–H groups in total. The number of nitrogens with one attached hydrogen (secondary N) is 2. The van der Waals surface area contributed by atoms with E-state index >= 15 is 0 Å². The Labute approximate surface area is 159 Å². The van der Waals surface area contributed by atoms with Crippen molar-refractivity contribution < 1.29 is 4.79 Å². The lowest BCUT2D eigenvalue weighted by Gasteiger charge is -2.18. The summed E-state index contributed by atoms with van der Waals surface area (Å²) in [6.45, 7) is 14.6. The molecular weight excluding hydrogens is 324 g/mol. The molecule has 0 spiro atoms. The van der Waals surface area contributed by atoms with Crippen molar-refractivity contribution in [3.05, 3.63) is 48.4 Å². The molecule has 2 heterocycles. The van der Waals surface area contributed by atoms with Gasteiger partial charge in [0.2, 0.25) is 5.91 Å². The highest BCUT2D eigenvalue weighted by Gasteiger charge is 2.17. The number of carbonyl (C=O) groups excluding carboxylic acids is 1. The van der Waals surface area contributed by atoms with Crippen molar-refractivity contribution in [3.63, 3.8) is 0 Å². The van der Waals surface area contributed by atoms with Gasteiger partial charge in [0.15, 0.2) is 5.82 Å². The highest BCUT2D eigenvalue weighted by molar-refractivity contribution is 5.99. The van der Waals surface area contributed by atoms with Crippen LogP contribution in [-0.4, -0.2) is 22.4 Å². The standard InChI is InChI=1S/C8H10N4O.C6H6.C3H8.2C2H6/c1-2-5-7-8(11-4-10-5)12-6(13)3-9-7;1-2-4-6-5-3-1;1-3-2;2*1-2/h4,9H,2-3H2,1H3,(H,10,11,12,13);1-6H;3H2,1-2H3;2*1-2H3. The predicted molar refractivity (Wildman–Crippen MR) is 114 cm³/mol. The second-order valence-corrected chi connectivity index (χ2v) is 4.66. The summed E-state index contributed by atoms with van der Waals surface area (Å²) in [4.78, 5) is 19.1. The summed E-state index contributed by atoms with van der Waals surface area (Å²) < 4.78 is 0. The first-order valence-electron chi connectivity index (χ1n) is 9.60. The fourth-order valence-electron chi connectivity index (χ4n) is 1.70. The van der Waals surface area contributed by atoms with Gasteiger partial charge in [-0.2, -0.15) is 0 Å². The zero-order valence-electron chi connectivity index (χ0n) is 17.5. The maximum absolute atomic E-state index is 11.0. The van der Waals surface area contributed by atoms with Crippen LogP contribution in [0.1, 0.15) is 60.6 Å². The normalized spacial score (nSPS) is 10.2. The third-order valence-corrected chi connectivity index (χ3v) is 2.61. The Kier molecular flexibility index (Phi) is 18.8. The van der Waals surface area contributed by atoms with Crippen molar-refractivity contribution in [3.8, 4) is 0 Å². The fourth-order valence-corrected chi connectivity index (χ4v) is 1.70. The molecule has 5 nitrogen and oxygen atoms in total. The van der Waals surface area contributed by atoms with Gasteiger partial charge in [0.05, 0.1) is 17.9 Å². The number of aryl methyl sites for hydroxylation is 1. The summed E-state index contributed by atoms with van der Waals surface area (Å²) >= 11 is 0. The van der Waals surface area contributed by atoms with Crippen molar-refractivity contribution in [2.45, 2.75) is 61.3 Å². The molecule has 0 atom stereocenters. The van der Waals surface area contributed by atoms with Crippen LogP contribution in [-0.2, 0) is 11.2 Å². The Morgan fingerprint density at radius 1 is 0.885 bits per heavy atom. The minimum atomic E-state index is -0.0618. The minimum absolute atomic E-state index is 0.0618. The predicted octanol–water partition coefficient (Wildman–Crippen LogP) is 5.56. The minimum Gasteiger partial charge on any atom is -0.372 e. The van der Waals surface area contributed by atoms with Crippen molar-refractivity contribution in [1.29, 1.82) is 0 Å². The van der Waals surface area contributed by atoms with Gasteiger partial charge >= 0.3 is 0 Å². The van der Waals surface area contributed by atoms with Crippen LogP contribution < -0.4 is 10.6 Å². The van der Waals surface area contributed by atoms with Crippen LogP contribution in [0.15, 0.2) is 42.7 Å². The van der Waals surface area contributed by atoms with Crippen LogP contribution in [0.4, 0.5) is 11.5 Å². The van der Waals surface area contributed by atoms with Crippen LogP contribution in [0.3, 0.4) is 0 Å². The number of carbonyl (C=O) groups is 1. The average molecular weight is 361 g/mol. The van der Waals surface area contributed by atoms with Crippen molar-refractivity contribution >= 4 is 17.4 Å².